The molecule has 0 fully saturated rings. The maximum atomic E-state index is 12.0. The van der Waals surface area contributed by atoms with E-state index >= 15 is 0 Å². The normalized spacial score (nSPS) is 12.6. The van der Waals surface area contributed by atoms with Crippen LogP contribution in [0.3, 0.4) is 0 Å². The van der Waals surface area contributed by atoms with Crippen molar-refractivity contribution in [3.8, 4) is 0 Å². The topological polar surface area (TPSA) is 49.4 Å². The molecule has 0 aromatic rings. The molecule has 0 atom stereocenters. The molecule has 0 aliphatic carbocycles. The van der Waals surface area contributed by atoms with E-state index in [0.29, 0.717) is 25.4 Å². The second-order valence-corrected chi connectivity index (χ2v) is 6.85. The van der Waals surface area contributed by atoms with Crippen molar-refractivity contribution in [1.29, 1.82) is 0 Å². The molecule has 0 saturated carbocycles. The van der Waals surface area contributed by atoms with E-state index in [1.54, 1.807) is 4.31 Å². The van der Waals surface area contributed by atoms with Gasteiger partial charge >= 0.3 is 0 Å². The molecule has 0 amide bonds. The third kappa shape index (κ3) is 7.73. The van der Waals surface area contributed by atoms with Crippen molar-refractivity contribution in [3.63, 3.8) is 0 Å². The van der Waals surface area contributed by atoms with E-state index in [9.17, 15) is 8.42 Å². The molecule has 0 aromatic heterocycles. The van der Waals surface area contributed by atoms with Gasteiger partial charge in [0.25, 0.3) is 0 Å². The lowest BCUT2D eigenvalue weighted by Gasteiger charge is -2.22. The quantitative estimate of drug-likeness (QED) is 0.611. The first-order chi connectivity index (χ1) is 7.94. The molecule has 0 radical (unpaired) electrons. The van der Waals surface area contributed by atoms with Crippen molar-refractivity contribution < 1.29 is 8.42 Å². The van der Waals surface area contributed by atoms with E-state index in [1.165, 1.54) is 0 Å². The van der Waals surface area contributed by atoms with Crippen molar-refractivity contribution >= 4 is 10.0 Å². The number of hydrogen-bond acceptors (Lipinski definition) is 3. The van der Waals surface area contributed by atoms with Gasteiger partial charge in [-0.1, -0.05) is 27.7 Å². The highest BCUT2D eigenvalue weighted by Gasteiger charge is 2.20. The van der Waals surface area contributed by atoms with Gasteiger partial charge in [-0.15, -0.1) is 0 Å². The number of nitrogens with one attached hydrogen (secondary N) is 1. The SMILES string of the molecule is CCCNCCCS(=O)(=O)N(CC)CC(C)C. The first-order valence-electron chi connectivity index (χ1n) is 6.62. The largest absolute Gasteiger partial charge is 0.317 e. The van der Waals surface area contributed by atoms with Crippen LogP contribution in [0, 0.1) is 5.92 Å². The molecule has 0 unspecified atom stereocenters. The molecule has 17 heavy (non-hydrogen) atoms. The zero-order valence-electron chi connectivity index (χ0n) is 11.7. The molecule has 0 saturated heterocycles. The molecule has 4 nitrogen and oxygen atoms in total. The highest BCUT2D eigenvalue weighted by atomic mass is 32.2. The van der Waals surface area contributed by atoms with Crippen LogP contribution < -0.4 is 5.32 Å². The zero-order chi connectivity index (χ0) is 13.3. The third-order valence-corrected chi connectivity index (χ3v) is 4.50. The molecule has 0 spiro atoms. The summed E-state index contributed by atoms with van der Waals surface area (Å²) in [6.07, 6.45) is 1.78. The van der Waals surface area contributed by atoms with E-state index in [1.807, 2.05) is 20.8 Å². The molecule has 0 aliphatic heterocycles. The third-order valence-electron chi connectivity index (χ3n) is 2.50. The smallest absolute Gasteiger partial charge is 0.214 e. The van der Waals surface area contributed by atoms with Gasteiger partial charge in [0.1, 0.15) is 0 Å². The van der Waals surface area contributed by atoms with Gasteiger partial charge in [-0.2, -0.15) is 0 Å². The van der Waals surface area contributed by atoms with E-state index in [2.05, 4.69) is 12.2 Å². The molecule has 0 aromatic carbocycles. The van der Waals surface area contributed by atoms with Crippen LogP contribution in [0.25, 0.3) is 0 Å². The Morgan fingerprint density at radius 2 is 1.82 bits per heavy atom. The van der Waals surface area contributed by atoms with Gasteiger partial charge in [-0.05, 0) is 31.8 Å². The van der Waals surface area contributed by atoms with Crippen LogP contribution in [0.5, 0.6) is 0 Å². The van der Waals surface area contributed by atoms with Crippen LogP contribution in [0.1, 0.15) is 40.5 Å². The minimum absolute atomic E-state index is 0.254. The minimum Gasteiger partial charge on any atom is -0.317 e. The summed E-state index contributed by atoms with van der Waals surface area (Å²) in [5, 5.41) is 3.22. The van der Waals surface area contributed by atoms with Crippen LogP contribution in [0.2, 0.25) is 0 Å². The van der Waals surface area contributed by atoms with Crippen LogP contribution in [-0.4, -0.2) is 44.7 Å². The second-order valence-electron chi connectivity index (χ2n) is 4.76. The Bertz CT molecular complexity index is 276. The summed E-state index contributed by atoms with van der Waals surface area (Å²) >= 11 is 0. The Kier molecular flexibility index (Phi) is 8.82. The Hall–Kier alpha value is -0.130. The van der Waals surface area contributed by atoms with Crippen LogP contribution in [0.15, 0.2) is 0 Å². The molecule has 104 valence electrons. The van der Waals surface area contributed by atoms with E-state index in [0.717, 1.165) is 19.5 Å². The first-order valence-corrected chi connectivity index (χ1v) is 8.23. The average Bonchev–Trinajstić information content (AvgIpc) is 2.25. The average molecular weight is 264 g/mol. The standard InChI is InChI=1S/C12H28N2O2S/c1-5-8-13-9-7-10-17(15,16)14(6-2)11-12(3)4/h12-13H,5-11H2,1-4H3. The summed E-state index contributed by atoms with van der Waals surface area (Å²) < 4.78 is 25.7. The molecule has 5 heteroatoms. The molecule has 0 rings (SSSR count). The lowest BCUT2D eigenvalue weighted by molar-refractivity contribution is 0.380. The van der Waals surface area contributed by atoms with Crippen molar-refractivity contribution in [3.05, 3.63) is 0 Å². The lowest BCUT2D eigenvalue weighted by Crippen LogP contribution is -2.36. The van der Waals surface area contributed by atoms with Gasteiger partial charge in [0, 0.05) is 13.1 Å². The first kappa shape index (κ1) is 16.9. The summed E-state index contributed by atoms with van der Waals surface area (Å²) in [5.41, 5.74) is 0. The minimum atomic E-state index is -3.06. The summed E-state index contributed by atoms with van der Waals surface area (Å²) in [5.74, 6) is 0.632. The maximum Gasteiger partial charge on any atom is 0.214 e. The monoisotopic (exact) mass is 264 g/mol. The van der Waals surface area contributed by atoms with E-state index in [-0.39, 0.29) is 5.75 Å². The zero-order valence-corrected chi connectivity index (χ0v) is 12.5. The van der Waals surface area contributed by atoms with Crippen molar-refractivity contribution in [1.82, 2.24) is 9.62 Å². The number of rotatable bonds is 10. The van der Waals surface area contributed by atoms with E-state index in [4.69, 9.17) is 0 Å². The number of sulfonamides is 1. The van der Waals surface area contributed by atoms with E-state index < -0.39 is 10.0 Å². The van der Waals surface area contributed by atoms with Crippen LogP contribution in [-0.2, 0) is 10.0 Å². The fraction of sp³-hybridized carbons (Fsp3) is 1.00. The summed E-state index contributed by atoms with van der Waals surface area (Å²) in [6.45, 7) is 11.0. The van der Waals surface area contributed by atoms with Gasteiger partial charge in [0.05, 0.1) is 5.75 Å². The molecule has 0 bridgehead atoms. The second kappa shape index (κ2) is 8.89. The molecular formula is C12H28N2O2S. The lowest BCUT2D eigenvalue weighted by atomic mass is 10.2. The van der Waals surface area contributed by atoms with Crippen molar-refractivity contribution in [2.75, 3.05) is 31.9 Å². The molecule has 0 heterocycles. The molecular weight excluding hydrogens is 236 g/mol. The molecule has 0 aliphatic rings. The predicted molar refractivity (Wildman–Crippen MR) is 73.6 cm³/mol. The Morgan fingerprint density at radius 3 is 2.29 bits per heavy atom. The van der Waals surface area contributed by atoms with Crippen LogP contribution in [0.4, 0.5) is 0 Å². The highest BCUT2D eigenvalue weighted by Crippen LogP contribution is 2.07. The number of hydrogen-bond donors (Lipinski definition) is 1. The summed E-state index contributed by atoms with van der Waals surface area (Å²) in [6, 6.07) is 0. The van der Waals surface area contributed by atoms with Gasteiger partial charge in [-0.25, -0.2) is 12.7 Å². The van der Waals surface area contributed by atoms with Gasteiger partial charge in [0.15, 0.2) is 0 Å². The highest BCUT2D eigenvalue weighted by molar-refractivity contribution is 7.89. The maximum absolute atomic E-state index is 12.0. The summed E-state index contributed by atoms with van der Waals surface area (Å²) in [7, 11) is -3.06. The predicted octanol–water partition coefficient (Wildman–Crippen LogP) is 1.68. The van der Waals surface area contributed by atoms with Gasteiger partial charge < -0.3 is 5.32 Å². The molecule has 1 N–H and O–H groups in total. The Labute approximate surface area is 107 Å². The van der Waals surface area contributed by atoms with Crippen molar-refractivity contribution in [2.45, 2.75) is 40.5 Å². The van der Waals surface area contributed by atoms with Gasteiger partial charge in [0.2, 0.25) is 10.0 Å². The summed E-state index contributed by atoms with van der Waals surface area (Å²) in [4.78, 5) is 0. The van der Waals surface area contributed by atoms with Crippen molar-refractivity contribution in [2.24, 2.45) is 5.92 Å². The van der Waals surface area contributed by atoms with Crippen LogP contribution >= 0.6 is 0 Å². The number of nitrogens with zero attached hydrogens (tertiary/aromatic N) is 1. The fourth-order valence-corrected chi connectivity index (χ4v) is 3.34. The Morgan fingerprint density at radius 1 is 1.18 bits per heavy atom. The van der Waals surface area contributed by atoms with Gasteiger partial charge in [-0.3, -0.25) is 0 Å². The Balaban J connectivity index is 4.06. The fourth-order valence-electron chi connectivity index (χ4n) is 1.66.